The molecule has 0 saturated carbocycles. The summed E-state index contributed by atoms with van der Waals surface area (Å²) in [7, 11) is 0. The van der Waals surface area contributed by atoms with Gasteiger partial charge >= 0.3 is 5.97 Å². The van der Waals surface area contributed by atoms with E-state index in [4.69, 9.17) is 5.11 Å². The van der Waals surface area contributed by atoms with Crippen molar-refractivity contribution in [2.24, 2.45) is 0 Å². The smallest absolute Gasteiger partial charge is 0.338 e. The van der Waals surface area contributed by atoms with Gasteiger partial charge < -0.3 is 5.11 Å². The van der Waals surface area contributed by atoms with Crippen molar-refractivity contribution in [2.75, 3.05) is 0 Å². The molecule has 1 N–H and O–H groups in total. The molecule has 0 aliphatic rings. The quantitative estimate of drug-likeness (QED) is 0.915. The molecule has 4 heteroatoms. The summed E-state index contributed by atoms with van der Waals surface area (Å²) >= 11 is 1.44. The predicted octanol–water partition coefficient (Wildman–Crippen LogP) is 3.55. The number of aromatic nitrogens is 1. The van der Waals surface area contributed by atoms with Crippen LogP contribution in [-0.4, -0.2) is 16.1 Å². The largest absolute Gasteiger partial charge is 0.478 e. The molecule has 0 fully saturated rings. The maximum Gasteiger partial charge on any atom is 0.338 e. The number of benzene rings is 1. The van der Waals surface area contributed by atoms with Gasteiger partial charge in [0.1, 0.15) is 0 Å². The Hall–Kier alpha value is -1.81. The van der Waals surface area contributed by atoms with Crippen LogP contribution in [0.1, 0.15) is 21.5 Å². The maximum absolute atomic E-state index is 11.1. The van der Waals surface area contributed by atoms with Gasteiger partial charge in [-0.3, -0.25) is 4.98 Å². The molecule has 92 valence electrons. The topological polar surface area (TPSA) is 50.2 Å². The minimum atomic E-state index is -0.950. The fourth-order valence-electron chi connectivity index (χ4n) is 1.54. The zero-order chi connectivity index (χ0) is 13.1. The molecule has 1 aromatic heterocycles. The number of aryl methyl sites for hydroxylation is 2. The number of aromatic carboxylic acids is 1. The van der Waals surface area contributed by atoms with Crippen LogP contribution in [0.3, 0.4) is 0 Å². The lowest BCUT2D eigenvalue weighted by Crippen LogP contribution is -1.99. The number of hydrogen-bond acceptors (Lipinski definition) is 3. The van der Waals surface area contributed by atoms with Crippen LogP contribution < -0.4 is 0 Å². The van der Waals surface area contributed by atoms with Gasteiger partial charge in [-0.1, -0.05) is 17.8 Å². The number of carbonyl (C=O) groups is 1. The standard InChI is InChI=1S/C14H13NO2S/c1-9-3-4-11(7-10(9)2)18-13-5-6-15-8-12(13)14(16)17/h3-8H,1-2H3,(H,16,17). The third-order valence-electron chi connectivity index (χ3n) is 2.72. The van der Waals surface area contributed by atoms with Crippen molar-refractivity contribution in [3.63, 3.8) is 0 Å². The number of nitrogens with zero attached hydrogens (tertiary/aromatic N) is 1. The highest BCUT2D eigenvalue weighted by molar-refractivity contribution is 7.99. The average Bonchev–Trinajstić information content (AvgIpc) is 2.34. The summed E-state index contributed by atoms with van der Waals surface area (Å²) in [4.78, 5) is 16.7. The predicted molar refractivity (Wildman–Crippen MR) is 71.2 cm³/mol. The Balaban J connectivity index is 2.34. The molecule has 0 atom stereocenters. The van der Waals surface area contributed by atoms with E-state index in [9.17, 15) is 4.79 Å². The van der Waals surface area contributed by atoms with Crippen LogP contribution >= 0.6 is 11.8 Å². The summed E-state index contributed by atoms with van der Waals surface area (Å²) in [5, 5.41) is 9.09. The molecule has 2 rings (SSSR count). The molecule has 0 aliphatic carbocycles. The minimum Gasteiger partial charge on any atom is -0.478 e. The minimum absolute atomic E-state index is 0.237. The molecular weight excluding hydrogens is 246 g/mol. The van der Waals surface area contributed by atoms with Gasteiger partial charge in [0.25, 0.3) is 0 Å². The van der Waals surface area contributed by atoms with Crippen molar-refractivity contribution >= 4 is 17.7 Å². The molecule has 1 aromatic carbocycles. The summed E-state index contributed by atoms with van der Waals surface area (Å²) in [6.45, 7) is 4.10. The molecule has 3 nitrogen and oxygen atoms in total. The van der Waals surface area contributed by atoms with E-state index in [2.05, 4.69) is 18.0 Å². The first-order chi connectivity index (χ1) is 8.58. The first-order valence-electron chi connectivity index (χ1n) is 5.50. The molecule has 1 heterocycles. The van der Waals surface area contributed by atoms with Crippen LogP contribution in [0.5, 0.6) is 0 Å². The van der Waals surface area contributed by atoms with Crippen molar-refractivity contribution in [2.45, 2.75) is 23.6 Å². The summed E-state index contributed by atoms with van der Waals surface area (Å²) in [6, 6.07) is 7.83. The molecule has 18 heavy (non-hydrogen) atoms. The monoisotopic (exact) mass is 259 g/mol. The van der Waals surface area contributed by atoms with Crippen molar-refractivity contribution in [3.8, 4) is 0 Å². The van der Waals surface area contributed by atoms with E-state index in [0.29, 0.717) is 4.90 Å². The van der Waals surface area contributed by atoms with Gasteiger partial charge in [-0.05, 0) is 43.2 Å². The fraction of sp³-hybridized carbons (Fsp3) is 0.143. The lowest BCUT2D eigenvalue weighted by Gasteiger charge is -2.07. The summed E-state index contributed by atoms with van der Waals surface area (Å²) in [6.07, 6.45) is 2.99. The first kappa shape index (κ1) is 12.6. The highest BCUT2D eigenvalue weighted by atomic mass is 32.2. The average molecular weight is 259 g/mol. The van der Waals surface area contributed by atoms with Gasteiger partial charge in [0.2, 0.25) is 0 Å². The Labute approximate surface area is 110 Å². The first-order valence-corrected chi connectivity index (χ1v) is 6.32. The van der Waals surface area contributed by atoms with Gasteiger partial charge in [0.05, 0.1) is 5.56 Å². The van der Waals surface area contributed by atoms with Gasteiger partial charge in [0, 0.05) is 22.2 Å². The summed E-state index contributed by atoms with van der Waals surface area (Å²) < 4.78 is 0. The van der Waals surface area contributed by atoms with Crippen molar-refractivity contribution in [3.05, 3.63) is 53.3 Å². The normalized spacial score (nSPS) is 10.3. The van der Waals surface area contributed by atoms with Crippen molar-refractivity contribution < 1.29 is 9.90 Å². The van der Waals surface area contributed by atoms with Crippen LogP contribution in [0.4, 0.5) is 0 Å². The second-order valence-corrected chi connectivity index (χ2v) is 5.14. The second-order valence-electron chi connectivity index (χ2n) is 4.03. The van der Waals surface area contributed by atoms with Crippen LogP contribution in [0.15, 0.2) is 46.5 Å². The van der Waals surface area contributed by atoms with E-state index in [-0.39, 0.29) is 5.56 Å². The summed E-state index contributed by atoms with van der Waals surface area (Å²) in [5.41, 5.74) is 2.67. The zero-order valence-electron chi connectivity index (χ0n) is 10.2. The molecule has 0 amide bonds. The van der Waals surface area contributed by atoms with E-state index in [1.165, 1.54) is 29.1 Å². The molecule has 0 spiro atoms. The van der Waals surface area contributed by atoms with Crippen LogP contribution in [-0.2, 0) is 0 Å². The van der Waals surface area contributed by atoms with E-state index in [1.807, 2.05) is 19.1 Å². The molecule has 0 radical (unpaired) electrons. The van der Waals surface area contributed by atoms with Gasteiger partial charge in [-0.25, -0.2) is 4.79 Å². The Bertz CT molecular complexity index is 596. The molecule has 0 bridgehead atoms. The van der Waals surface area contributed by atoms with Crippen molar-refractivity contribution in [1.82, 2.24) is 4.98 Å². The van der Waals surface area contributed by atoms with Crippen LogP contribution in [0, 0.1) is 13.8 Å². The Morgan fingerprint density at radius 1 is 1.22 bits per heavy atom. The van der Waals surface area contributed by atoms with E-state index < -0.39 is 5.97 Å². The van der Waals surface area contributed by atoms with Gasteiger partial charge in [0.15, 0.2) is 0 Å². The van der Waals surface area contributed by atoms with Gasteiger partial charge in [-0.2, -0.15) is 0 Å². The Kier molecular flexibility index (Phi) is 3.67. The van der Waals surface area contributed by atoms with Crippen LogP contribution in [0.25, 0.3) is 0 Å². The van der Waals surface area contributed by atoms with E-state index in [0.717, 1.165) is 4.90 Å². The molecule has 0 unspecified atom stereocenters. The Morgan fingerprint density at radius 3 is 2.67 bits per heavy atom. The summed E-state index contributed by atoms with van der Waals surface area (Å²) in [5.74, 6) is -0.950. The number of carboxylic acid groups (broad SMARTS) is 1. The van der Waals surface area contributed by atoms with E-state index in [1.54, 1.807) is 12.3 Å². The maximum atomic E-state index is 11.1. The molecule has 2 aromatic rings. The lowest BCUT2D eigenvalue weighted by atomic mass is 10.1. The highest BCUT2D eigenvalue weighted by Crippen LogP contribution is 2.31. The number of pyridine rings is 1. The number of carboxylic acids is 1. The molecular formula is C14H13NO2S. The zero-order valence-corrected chi connectivity index (χ0v) is 11.0. The third-order valence-corrected chi connectivity index (χ3v) is 3.78. The fourth-order valence-corrected chi connectivity index (χ4v) is 2.54. The third kappa shape index (κ3) is 2.71. The highest BCUT2D eigenvalue weighted by Gasteiger charge is 2.11. The molecule has 0 saturated heterocycles. The lowest BCUT2D eigenvalue weighted by molar-refractivity contribution is 0.0692. The van der Waals surface area contributed by atoms with Crippen LogP contribution in [0.2, 0.25) is 0 Å². The van der Waals surface area contributed by atoms with Gasteiger partial charge in [-0.15, -0.1) is 0 Å². The number of hydrogen-bond donors (Lipinski definition) is 1. The van der Waals surface area contributed by atoms with E-state index >= 15 is 0 Å². The molecule has 0 aliphatic heterocycles. The SMILES string of the molecule is Cc1ccc(Sc2ccncc2C(=O)O)cc1C. The van der Waals surface area contributed by atoms with Crippen molar-refractivity contribution in [1.29, 1.82) is 0 Å². The Morgan fingerprint density at radius 2 is 2.00 bits per heavy atom. The second kappa shape index (κ2) is 5.23. The number of rotatable bonds is 3.